The third-order valence-electron chi connectivity index (χ3n) is 4.62. The summed E-state index contributed by atoms with van der Waals surface area (Å²) in [5, 5.41) is 5.53. The molecule has 0 spiro atoms. The molecule has 0 unspecified atom stereocenters. The van der Waals surface area contributed by atoms with Gasteiger partial charge in [0.1, 0.15) is 23.7 Å². The fourth-order valence-electron chi connectivity index (χ4n) is 3.07. The predicted octanol–water partition coefficient (Wildman–Crippen LogP) is 2.66. The normalized spacial score (nSPS) is 14.9. The number of carbonyl (C=O) groups excluding carboxylic acids is 1. The van der Waals surface area contributed by atoms with Crippen LogP contribution in [0.5, 0.6) is 5.75 Å². The average Bonchev–Trinajstić information content (AvgIpc) is 2.68. The van der Waals surface area contributed by atoms with Gasteiger partial charge in [-0.15, -0.1) is 0 Å². The Hall–Kier alpha value is -2.87. The van der Waals surface area contributed by atoms with Crippen molar-refractivity contribution < 1.29 is 9.53 Å². The second kappa shape index (κ2) is 8.68. The molecule has 144 valence electrons. The Balaban J connectivity index is 1.61. The van der Waals surface area contributed by atoms with E-state index in [1.54, 1.807) is 25.3 Å². The highest BCUT2D eigenvalue weighted by molar-refractivity contribution is 6.00. The average molecular weight is 370 g/mol. The van der Waals surface area contributed by atoms with E-state index in [0.29, 0.717) is 23.3 Å². The number of methoxy groups -OCH3 is 1. The molecule has 1 aliphatic rings. The number of ether oxygens (including phenoxy) is 1. The molecular weight excluding hydrogens is 344 g/mol. The Morgan fingerprint density at radius 1 is 1.11 bits per heavy atom. The zero-order valence-corrected chi connectivity index (χ0v) is 16.0. The van der Waals surface area contributed by atoms with Crippen LogP contribution in [0.3, 0.4) is 0 Å². The number of urea groups is 1. The second-order valence-corrected chi connectivity index (χ2v) is 6.66. The quantitative estimate of drug-likeness (QED) is 0.842. The molecule has 1 aromatic carbocycles. The first-order valence-electron chi connectivity index (χ1n) is 9.09. The van der Waals surface area contributed by atoms with Crippen molar-refractivity contribution in [3.63, 3.8) is 0 Å². The number of amides is 2. The Morgan fingerprint density at radius 3 is 2.56 bits per heavy atom. The van der Waals surface area contributed by atoms with E-state index in [4.69, 9.17) is 4.74 Å². The topological polar surface area (TPSA) is 82.6 Å². The molecule has 2 N–H and O–H groups in total. The number of nitrogens with one attached hydrogen (secondary N) is 2. The monoisotopic (exact) mass is 370 g/mol. The smallest absolute Gasteiger partial charge is 0.324 e. The first-order valence-corrected chi connectivity index (χ1v) is 9.09. The van der Waals surface area contributed by atoms with Crippen LogP contribution in [0.1, 0.15) is 13.8 Å². The Kier molecular flexibility index (Phi) is 6.08. The molecule has 1 fully saturated rings. The summed E-state index contributed by atoms with van der Waals surface area (Å²) in [4.78, 5) is 25.5. The number of benzene rings is 1. The van der Waals surface area contributed by atoms with Crippen LogP contribution in [0.25, 0.3) is 0 Å². The molecule has 2 aromatic rings. The van der Waals surface area contributed by atoms with Crippen LogP contribution in [0.2, 0.25) is 0 Å². The van der Waals surface area contributed by atoms with E-state index >= 15 is 0 Å². The second-order valence-electron chi connectivity index (χ2n) is 6.66. The summed E-state index contributed by atoms with van der Waals surface area (Å²) in [6.45, 7) is 8.23. The van der Waals surface area contributed by atoms with Crippen LogP contribution >= 0.6 is 0 Å². The summed E-state index contributed by atoms with van der Waals surface area (Å²) in [6, 6.07) is 9.21. The minimum absolute atomic E-state index is 0.381. The van der Waals surface area contributed by atoms with E-state index in [1.807, 2.05) is 12.1 Å². The lowest BCUT2D eigenvalue weighted by Crippen LogP contribution is -2.49. The molecule has 1 saturated heterocycles. The number of carbonyl (C=O) groups is 1. The molecule has 0 bridgehead atoms. The summed E-state index contributed by atoms with van der Waals surface area (Å²) in [7, 11) is 1.56. The van der Waals surface area contributed by atoms with Crippen LogP contribution in [-0.4, -0.2) is 60.2 Å². The van der Waals surface area contributed by atoms with Crippen molar-refractivity contribution in [1.82, 2.24) is 14.9 Å². The summed E-state index contributed by atoms with van der Waals surface area (Å²) in [5.41, 5.74) is 0.594. The molecule has 0 radical (unpaired) electrons. The van der Waals surface area contributed by atoms with Crippen LogP contribution in [0.15, 0.2) is 36.7 Å². The number of hydrogen-bond acceptors (Lipinski definition) is 6. The molecule has 0 atom stereocenters. The molecule has 8 nitrogen and oxygen atoms in total. The predicted molar refractivity (Wildman–Crippen MR) is 107 cm³/mol. The van der Waals surface area contributed by atoms with Crippen LogP contribution in [-0.2, 0) is 0 Å². The van der Waals surface area contributed by atoms with Crippen molar-refractivity contribution in [2.75, 3.05) is 48.8 Å². The molecule has 1 aliphatic heterocycles. The lowest BCUT2D eigenvalue weighted by Gasteiger charge is -2.37. The van der Waals surface area contributed by atoms with Crippen molar-refractivity contribution in [2.24, 2.45) is 0 Å². The molecule has 8 heteroatoms. The van der Waals surface area contributed by atoms with E-state index in [-0.39, 0.29) is 6.03 Å². The number of nitrogens with zero attached hydrogens (tertiary/aromatic N) is 4. The molecule has 27 heavy (non-hydrogen) atoms. The van der Waals surface area contributed by atoms with Crippen LogP contribution < -0.4 is 20.3 Å². The van der Waals surface area contributed by atoms with Gasteiger partial charge in [0.15, 0.2) is 0 Å². The fourth-order valence-corrected chi connectivity index (χ4v) is 3.07. The summed E-state index contributed by atoms with van der Waals surface area (Å²) in [5.74, 6) is 1.87. The Labute approximate surface area is 159 Å². The van der Waals surface area contributed by atoms with Gasteiger partial charge in [-0.1, -0.05) is 12.1 Å². The minimum atomic E-state index is -0.381. The third-order valence-corrected chi connectivity index (χ3v) is 4.62. The summed E-state index contributed by atoms with van der Waals surface area (Å²) in [6.07, 6.45) is 1.48. The minimum Gasteiger partial charge on any atom is -0.495 e. The van der Waals surface area contributed by atoms with Crippen molar-refractivity contribution in [1.29, 1.82) is 0 Å². The lowest BCUT2D eigenvalue weighted by molar-refractivity contribution is 0.209. The number of hydrogen-bond donors (Lipinski definition) is 2. The number of anilines is 3. The Morgan fingerprint density at radius 2 is 1.85 bits per heavy atom. The van der Waals surface area contributed by atoms with Gasteiger partial charge in [-0.05, 0) is 26.0 Å². The lowest BCUT2D eigenvalue weighted by atomic mass is 10.2. The number of para-hydroxylation sites is 2. The van der Waals surface area contributed by atoms with Crippen LogP contribution in [0.4, 0.5) is 22.1 Å². The highest BCUT2D eigenvalue weighted by atomic mass is 16.5. The molecule has 2 amide bonds. The highest BCUT2D eigenvalue weighted by Crippen LogP contribution is 2.23. The number of aromatic nitrogens is 2. The molecule has 1 aromatic heterocycles. The standard InChI is InChI=1S/C19H26N6O2/c1-14(2)24-8-10-25(11-9-24)18-12-17(20-13-21-18)23-19(26)22-15-6-4-5-7-16(15)27-3/h4-7,12-14H,8-11H2,1-3H3,(H2,20,21,22,23,26). The maximum Gasteiger partial charge on any atom is 0.324 e. The number of rotatable bonds is 5. The van der Waals surface area contributed by atoms with E-state index in [9.17, 15) is 4.79 Å². The zero-order valence-electron chi connectivity index (χ0n) is 16.0. The summed E-state index contributed by atoms with van der Waals surface area (Å²) < 4.78 is 5.24. The van der Waals surface area contributed by atoms with Gasteiger partial charge in [-0.2, -0.15) is 0 Å². The van der Waals surface area contributed by atoms with Gasteiger partial charge in [-0.3, -0.25) is 10.2 Å². The van der Waals surface area contributed by atoms with Gasteiger partial charge in [0.2, 0.25) is 0 Å². The number of piperazine rings is 1. The summed E-state index contributed by atoms with van der Waals surface area (Å²) >= 11 is 0. The first-order chi connectivity index (χ1) is 13.1. The SMILES string of the molecule is COc1ccccc1NC(=O)Nc1cc(N2CCN(C(C)C)CC2)ncn1. The van der Waals surface area contributed by atoms with E-state index in [0.717, 1.165) is 32.0 Å². The van der Waals surface area contributed by atoms with Gasteiger partial charge < -0.3 is 15.0 Å². The third kappa shape index (κ3) is 4.85. The van der Waals surface area contributed by atoms with Crippen molar-refractivity contribution in [2.45, 2.75) is 19.9 Å². The van der Waals surface area contributed by atoms with Crippen molar-refractivity contribution in [3.8, 4) is 5.75 Å². The van der Waals surface area contributed by atoms with Crippen molar-refractivity contribution >= 4 is 23.4 Å². The van der Waals surface area contributed by atoms with E-state index in [2.05, 4.69) is 44.2 Å². The molecule has 3 rings (SSSR count). The first kappa shape index (κ1) is 18.9. The maximum absolute atomic E-state index is 12.3. The van der Waals surface area contributed by atoms with Crippen molar-refractivity contribution in [3.05, 3.63) is 36.7 Å². The van der Waals surface area contributed by atoms with Gasteiger partial charge in [0, 0.05) is 38.3 Å². The zero-order chi connectivity index (χ0) is 19.2. The van der Waals surface area contributed by atoms with Gasteiger partial charge >= 0.3 is 6.03 Å². The highest BCUT2D eigenvalue weighted by Gasteiger charge is 2.20. The molecule has 2 heterocycles. The van der Waals surface area contributed by atoms with Gasteiger partial charge in [-0.25, -0.2) is 14.8 Å². The molecule has 0 aliphatic carbocycles. The fraction of sp³-hybridized carbons (Fsp3) is 0.421. The maximum atomic E-state index is 12.3. The largest absolute Gasteiger partial charge is 0.495 e. The van der Waals surface area contributed by atoms with E-state index < -0.39 is 0 Å². The Bertz CT molecular complexity index is 774. The molecular formula is C19H26N6O2. The molecule has 0 saturated carbocycles. The van der Waals surface area contributed by atoms with E-state index in [1.165, 1.54) is 6.33 Å². The van der Waals surface area contributed by atoms with Gasteiger partial charge in [0.25, 0.3) is 0 Å². The van der Waals surface area contributed by atoms with Gasteiger partial charge in [0.05, 0.1) is 12.8 Å². The van der Waals surface area contributed by atoms with Crippen LogP contribution in [0, 0.1) is 0 Å².